The summed E-state index contributed by atoms with van der Waals surface area (Å²) in [6.07, 6.45) is 5.21. The first-order valence-electron chi connectivity index (χ1n) is 8.40. The molecule has 1 aromatic heterocycles. The molecule has 9 heteroatoms. The van der Waals surface area contributed by atoms with Crippen molar-refractivity contribution in [3.8, 4) is 0 Å². The number of nitrogens with one attached hydrogen (secondary N) is 2. The van der Waals surface area contributed by atoms with Crippen molar-refractivity contribution in [1.82, 2.24) is 14.9 Å². The summed E-state index contributed by atoms with van der Waals surface area (Å²) in [7, 11) is -3.73. The number of aromatic nitrogens is 2. The summed E-state index contributed by atoms with van der Waals surface area (Å²) in [5, 5.41) is 3.84. The largest absolute Gasteiger partial charge is 0.349 e. The van der Waals surface area contributed by atoms with Gasteiger partial charge in [0.2, 0.25) is 5.95 Å². The second-order valence-corrected chi connectivity index (χ2v) is 8.37. The second kappa shape index (κ2) is 7.96. The van der Waals surface area contributed by atoms with Crippen molar-refractivity contribution in [3.05, 3.63) is 42.7 Å². The van der Waals surface area contributed by atoms with E-state index >= 15 is 0 Å². The van der Waals surface area contributed by atoms with E-state index in [1.807, 2.05) is 0 Å². The standard InChI is InChI=1S/C17H21N5O2S2/c1-13-7-11-22(12-8-13)17(25)20-14-3-5-15(6-4-14)26(23,24)21-16-18-9-2-10-19-16/h2-6,9-10,13H,7-8,11-12H2,1H3,(H,20,25)(H,18,19,21). The van der Waals surface area contributed by atoms with E-state index in [9.17, 15) is 8.42 Å². The quantitative estimate of drug-likeness (QED) is 0.775. The molecule has 26 heavy (non-hydrogen) atoms. The van der Waals surface area contributed by atoms with Gasteiger partial charge in [-0.25, -0.2) is 23.1 Å². The lowest BCUT2D eigenvalue weighted by Gasteiger charge is -2.32. The monoisotopic (exact) mass is 391 g/mol. The van der Waals surface area contributed by atoms with Crippen LogP contribution in [0.4, 0.5) is 11.6 Å². The number of benzene rings is 1. The molecule has 1 saturated heterocycles. The Kier molecular flexibility index (Phi) is 5.67. The molecule has 3 rings (SSSR count). The lowest BCUT2D eigenvalue weighted by atomic mass is 10.00. The van der Waals surface area contributed by atoms with Crippen molar-refractivity contribution in [2.45, 2.75) is 24.7 Å². The summed E-state index contributed by atoms with van der Waals surface area (Å²) in [5.74, 6) is 0.773. The average Bonchev–Trinajstić information content (AvgIpc) is 2.63. The lowest BCUT2D eigenvalue weighted by Crippen LogP contribution is -2.40. The van der Waals surface area contributed by atoms with E-state index in [-0.39, 0.29) is 10.8 Å². The maximum atomic E-state index is 12.4. The molecule has 0 atom stereocenters. The molecule has 0 bridgehead atoms. The molecule has 0 spiro atoms. The number of anilines is 2. The number of thiocarbonyl (C=S) groups is 1. The summed E-state index contributed by atoms with van der Waals surface area (Å²) >= 11 is 5.46. The molecule has 0 radical (unpaired) electrons. The molecule has 7 nitrogen and oxygen atoms in total. The van der Waals surface area contributed by atoms with Crippen LogP contribution in [0.5, 0.6) is 0 Å². The van der Waals surface area contributed by atoms with Crippen LogP contribution in [0, 0.1) is 5.92 Å². The fraction of sp³-hybridized carbons (Fsp3) is 0.353. The zero-order chi connectivity index (χ0) is 18.6. The van der Waals surface area contributed by atoms with Gasteiger partial charge in [-0.1, -0.05) is 6.92 Å². The zero-order valence-electron chi connectivity index (χ0n) is 14.4. The third-order valence-corrected chi connectivity index (χ3v) is 5.98. The molecule has 0 unspecified atom stereocenters. The number of nitrogens with zero attached hydrogens (tertiary/aromatic N) is 3. The van der Waals surface area contributed by atoms with E-state index in [1.165, 1.54) is 24.5 Å². The van der Waals surface area contributed by atoms with Crippen LogP contribution in [0.15, 0.2) is 47.6 Å². The second-order valence-electron chi connectivity index (χ2n) is 6.30. The molecule has 1 aliphatic heterocycles. The van der Waals surface area contributed by atoms with Crippen LogP contribution < -0.4 is 10.0 Å². The topological polar surface area (TPSA) is 87.2 Å². The van der Waals surface area contributed by atoms with E-state index in [2.05, 4.69) is 31.8 Å². The first-order valence-corrected chi connectivity index (χ1v) is 10.3. The van der Waals surface area contributed by atoms with Crippen LogP contribution in [0.1, 0.15) is 19.8 Å². The Labute approximate surface area is 158 Å². The van der Waals surface area contributed by atoms with Crippen LogP contribution in [0.25, 0.3) is 0 Å². The molecule has 2 N–H and O–H groups in total. The van der Waals surface area contributed by atoms with Gasteiger partial charge in [0, 0.05) is 31.2 Å². The van der Waals surface area contributed by atoms with E-state index < -0.39 is 10.0 Å². The van der Waals surface area contributed by atoms with Crippen LogP contribution in [-0.4, -0.2) is 41.5 Å². The minimum absolute atomic E-state index is 0.0372. The van der Waals surface area contributed by atoms with Crippen molar-refractivity contribution in [3.63, 3.8) is 0 Å². The van der Waals surface area contributed by atoms with Gasteiger partial charge < -0.3 is 10.2 Å². The fourth-order valence-corrected chi connectivity index (χ4v) is 3.92. The van der Waals surface area contributed by atoms with Crippen molar-refractivity contribution in [2.75, 3.05) is 23.1 Å². The van der Waals surface area contributed by atoms with E-state index in [0.717, 1.165) is 37.5 Å². The predicted molar refractivity (Wildman–Crippen MR) is 105 cm³/mol. The summed E-state index contributed by atoms with van der Waals surface area (Å²) in [5.41, 5.74) is 0.753. The number of rotatable bonds is 4. The third kappa shape index (κ3) is 4.67. The van der Waals surface area contributed by atoms with E-state index in [4.69, 9.17) is 12.2 Å². The zero-order valence-corrected chi connectivity index (χ0v) is 16.1. The summed E-state index contributed by atoms with van der Waals surface area (Å²) in [6.45, 7) is 4.14. The number of hydrogen-bond acceptors (Lipinski definition) is 5. The van der Waals surface area contributed by atoms with Crippen LogP contribution in [0.2, 0.25) is 0 Å². The molecule has 138 valence electrons. The van der Waals surface area contributed by atoms with Crippen molar-refractivity contribution >= 4 is 39.0 Å². The Hall–Kier alpha value is -2.26. The highest BCUT2D eigenvalue weighted by Gasteiger charge is 2.19. The van der Waals surface area contributed by atoms with Crippen LogP contribution >= 0.6 is 12.2 Å². The number of hydrogen-bond donors (Lipinski definition) is 2. The first kappa shape index (κ1) is 18.5. The van der Waals surface area contributed by atoms with Gasteiger partial charge in [0.1, 0.15) is 0 Å². The van der Waals surface area contributed by atoms with Gasteiger partial charge in [-0.2, -0.15) is 0 Å². The van der Waals surface area contributed by atoms with E-state index in [0.29, 0.717) is 5.11 Å². The van der Waals surface area contributed by atoms with Crippen LogP contribution in [-0.2, 0) is 10.0 Å². The molecule has 1 fully saturated rings. The maximum absolute atomic E-state index is 12.4. The maximum Gasteiger partial charge on any atom is 0.264 e. The Morgan fingerprint density at radius 3 is 2.38 bits per heavy atom. The summed E-state index contributed by atoms with van der Waals surface area (Å²) in [6, 6.07) is 8.05. The molecular weight excluding hydrogens is 370 g/mol. The SMILES string of the molecule is CC1CCN(C(=S)Nc2ccc(S(=O)(=O)Nc3ncccn3)cc2)CC1. The molecule has 1 aliphatic rings. The van der Waals surface area contributed by atoms with Crippen molar-refractivity contribution < 1.29 is 8.42 Å². The molecule has 2 heterocycles. The minimum Gasteiger partial charge on any atom is -0.349 e. The molecule has 2 aromatic rings. The first-order chi connectivity index (χ1) is 12.4. The number of piperidine rings is 1. The van der Waals surface area contributed by atoms with Gasteiger partial charge in [-0.05, 0) is 61.3 Å². The van der Waals surface area contributed by atoms with Gasteiger partial charge in [0.25, 0.3) is 10.0 Å². The van der Waals surface area contributed by atoms with E-state index in [1.54, 1.807) is 18.2 Å². The smallest absolute Gasteiger partial charge is 0.264 e. The molecule has 0 amide bonds. The Bertz CT molecular complexity index is 848. The molecular formula is C17H21N5O2S2. The molecule has 0 aliphatic carbocycles. The summed E-state index contributed by atoms with van der Waals surface area (Å²) < 4.78 is 27.1. The van der Waals surface area contributed by atoms with Crippen molar-refractivity contribution in [1.29, 1.82) is 0 Å². The highest BCUT2D eigenvalue weighted by atomic mass is 32.2. The Morgan fingerprint density at radius 2 is 1.77 bits per heavy atom. The third-order valence-electron chi connectivity index (χ3n) is 4.28. The predicted octanol–water partition coefficient (Wildman–Crippen LogP) is 2.71. The highest BCUT2D eigenvalue weighted by molar-refractivity contribution is 7.92. The molecule has 1 aromatic carbocycles. The lowest BCUT2D eigenvalue weighted by molar-refractivity contribution is 0.283. The highest BCUT2D eigenvalue weighted by Crippen LogP contribution is 2.19. The van der Waals surface area contributed by atoms with Gasteiger partial charge in [-0.3, -0.25) is 0 Å². The normalized spacial score (nSPS) is 15.5. The molecule has 0 saturated carbocycles. The summed E-state index contributed by atoms with van der Waals surface area (Å²) in [4.78, 5) is 10.0. The number of likely N-dealkylation sites (tertiary alicyclic amines) is 1. The average molecular weight is 392 g/mol. The number of sulfonamides is 1. The van der Waals surface area contributed by atoms with Gasteiger partial charge in [0.15, 0.2) is 5.11 Å². The van der Waals surface area contributed by atoms with Gasteiger partial charge in [-0.15, -0.1) is 0 Å². The van der Waals surface area contributed by atoms with Crippen LogP contribution in [0.3, 0.4) is 0 Å². The Morgan fingerprint density at radius 1 is 1.15 bits per heavy atom. The van der Waals surface area contributed by atoms with Gasteiger partial charge >= 0.3 is 0 Å². The fourth-order valence-electron chi connectivity index (χ4n) is 2.66. The van der Waals surface area contributed by atoms with Gasteiger partial charge in [0.05, 0.1) is 4.90 Å². The Balaban J connectivity index is 1.63. The minimum atomic E-state index is -3.73. The van der Waals surface area contributed by atoms with Crippen molar-refractivity contribution in [2.24, 2.45) is 5.92 Å².